The van der Waals surface area contributed by atoms with Crippen LogP contribution >= 0.6 is 0 Å². The van der Waals surface area contributed by atoms with E-state index in [1.54, 1.807) is 0 Å². The quantitative estimate of drug-likeness (QED) is 0.750. The average Bonchev–Trinajstić information content (AvgIpc) is 2.31. The molecule has 2 aromatic rings. The van der Waals surface area contributed by atoms with Crippen molar-refractivity contribution in [3.63, 3.8) is 0 Å². The molecule has 0 aliphatic rings. The van der Waals surface area contributed by atoms with Gasteiger partial charge >= 0.3 is 0 Å². The van der Waals surface area contributed by atoms with Gasteiger partial charge in [-0.25, -0.2) is 4.98 Å². The van der Waals surface area contributed by atoms with E-state index in [1.165, 1.54) is 19.9 Å². The number of rotatable bonds is 1. The molecule has 0 atom stereocenters. The summed E-state index contributed by atoms with van der Waals surface area (Å²) in [4.78, 5) is 4.12. The third-order valence-electron chi connectivity index (χ3n) is 2.07. The zero-order valence-electron chi connectivity index (χ0n) is 12.5. The largest absolute Gasteiger partial charge is 0.397 e. The van der Waals surface area contributed by atoms with E-state index in [4.69, 9.17) is 11.2 Å². The number of nitrogen functional groups attached to an aromatic ring is 1. The van der Waals surface area contributed by atoms with E-state index in [-0.39, 0.29) is 46.5 Å². The van der Waals surface area contributed by atoms with E-state index in [9.17, 15) is 5.11 Å². The normalized spacial score (nSPS) is 15.7. The van der Waals surface area contributed by atoms with Gasteiger partial charge in [0.25, 0.3) is 0 Å². The Hall–Kier alpha value is -1.61. The van der Waals surface area contributed by atoms with Crippen LogP contribution in [0.25, 0.3) is 10.9 Å². The van der Waals surface area contributed by atoms with E-state index < -0.39 is 5.60 Å². The highest BCUT2D eigenvalue weighted by Gasteiger charge is 2.21. The van der Waals surface area contributed by atoms with Crippen molar-refractivity contribution in [1.82, 2.24) is 4.98 Å². The van der Waals surface area contributed by atoms with Crippen LogP contribution in [0.1, 0.15) is 25.0 Å². The fraction of sp³-hybridized carbons (Fsp3) is 0.250. The van der Waals surface area contributed by atoms with Crippen LogP contribution in [0.5, 0.6) is 0 Å². The number of hydrogen-bond acceptors (Lipinski definition) is 3. The van der Waals surface area contributed by atoms with Crippen molar-refractivity contribution in [3.05, 3.63) is 35.9 Å². The molecule has 2 rings (SSSR count). The third kappa shape index (κ3) is 1.78. The Morgan fingerprint density at radius 2 is 2.07 bits per heavy atom. The molecule has 0 bridgehead atoms. The van der Waals surface area contributed by atoms with Gasteiger partial charge in [0.15, 0.2) is 0 Å². The van der Waals surface area contributed by atoms with Crippen molar-refractivity contribution in [2.24, 2.45) is 0 Å². The van der Waals surface area contributed by atoms with Crippen LogP contribution < -0.4 is 5.73 Å². The standard InChI is InChI=1S/C12H14N2O/c1-12(2,15)11-9(13)7-8-5-3-4-6-10(8)14-11/h3-7,15H,13H2,1-2H3/i3D,4D,5D,6D. The van der Waals surface area contributed by atoms with Gasteiger partial charge in [-0.05, 0) is 26.0 Å². The molecule has 1 aromatic carbocycles. The third-order valence-corrected chi connectivity index (χ3v) is 2.07. The molecule has 0 radical (unpaired) electrons. The Labute approximate surface area is 94.2 Å². The van der Waals surface area contributed by atoms with Gasteiger partial charge < -0.3 is 10.8 Å². The number of para-hydroxylation sites is 1. The van der Waals surface area contributed by atoms with Crippen molar-refractivity contribution in [2.45, 2.75) is 19.4 Å². The molecule has 0 aliphatic heterocycles. The van der Waals surface area contributed by atoms with Crippen LogP contribution in [-0.2, 0) is 5.60 Å². The monoisotopic (exact) mass is 206 g/mol. The number of benzene rings is 1. The summed E-state index contributed by atoms with van der Waals surface area (Å²) in [7, 11) is 0. The summed E-state index contributed by atoms with van der Waals surface area (Å²) in [5.41, 5.74) is 5.03. The lowest BCUT2D eigenvalue weighted by Gasteiger charge is -2.19. The number of nitrogens with zero attached hydrogens (tertiary/aromatic N) is 1. The Kier molecular flexibility index (Phi) is 1.30. The second-order valence-corrected chi connectivity index (χ2v) is 3.88. The first-order chi connectivity index (χ1) is 8.64. The smallest absolute Gasteiger partial charge is 0.103 e. The van der Waals surface area contributed by atoms with Gasteiger partial charge in [0.2, 0.25) is 0 Å². The highest BCUT2D eigenvalue weighted by atomic mass is 16.3. The summed E-state index contributed by atoms with van der Waals surface area (Å²) in [6, 6.07) is 0.332. The minimum atomic E-state index is -1.28. The second-order valence-electron chi connectivity index (χ2n) is 3.88. The fourth-order valence-corrected chi connectivity index (χ4v) is 1.40. The Morgan fingerprint density at radius 1 is 1.40 bits per heavy atom. The molecule has 0 saturated carbocycles. The van der Waals surface area contributed by atoms with Gasteiger partial charge in [-0.1, -0.05) is 18.1 Å². The minimum absolute atomic E-state index is 0.109. The van der Waals surface area contributed by atoms with Gasteiger partial charge in [-0.2, -0.15) is 0 Å². The topological polar surface area (TPSA) is 59.1 Å². The van der Waals surface area contributed by atoms with Gasteiger partial charge in [0.05, 0.1) is 22.4 Å². The SMILES string of the molecule is [2H]c1c([2H])c([2H])c2nc(C(C)(C)O)c(N)cc2c1[2H]. The maximum atomic E-state index is 9.98. The molecule has 0 amide bonds. The number of pyridine rings is 1. The summed E-state index contributed by atoms with van der Waals surface area (Å²) < 4.78 is 30.8. The summed E-state index contributed by atoms with van der Waals surface area (Å²) >= 11 is 0. The molecule has 78 valence electrons. The lowest BCUT2D eigenvalue weighted by molar-refractivity contribution is 0.0751. The molecular weight excluding hydrogens is 188 g/mol. The van der Waals surface area contributed by atoms with Crippen molar-refractivity contribution in [1.29, 1.82) is 0 Å². The zero-order chi connectivity index (χ0) is 14.5. The predicted octanol–water partition coefficient (Wildman–Crippen LogP) is 2.04. The highest BCUT2D eigenvalue weighted by Crippen LogP contribution is 2.26. The van der Waals surface area contributed by atoms with Crippen LogP contribution in [0.4, 0.5) is 5.69 Å². The molecule has 0 unspecified atom stereocenters. The maximum absolute atomic E-state index is 9.98. The van der Waals surface area contributed by atoms with E-state index in [1.807, 2.05) is 0 Å². The van der Waals surface area contributed by atoms with E-state index in [2.05, 4.69) is 4.98 Å². The van der Waals surface area contributed by atoms with Crippen molar-refractivity contribution < 1.29 is 10.6 Å². The maximum Gasteiger partial charge on any atom is 0.103 e. The first kappa shape index (κ1) is 6.08. The van der Waals surface area contributed by atoms with Crippen molar-refractivity contribution in [3.8, 4) is 0 Å². The lowest BCUT2D eigenvalue weighted by Crippen LogP contribution is -2.19. The molecule has 1 aromatic heterocycles. The molecule has 15 heavy (non-hydrogen) atoms. The second kappa shape index (κ2) is 3.21. The van der Waals surface area contributed by atoms with Gasteiger partial charge in [-0.15, -0.1) is 0 Å². The number of fused-ring (bicyclic) bond motifs is 1. The molecule has 3 N–H and O–H groups in total. The number of anilines is 1. The fourth-order valence-electron chi connectivity index (χ4n) is 1.40. The summed E-state index contributed by atoms with van der Waals surface area (Å²) in [5.74, 6) is 0. The molecule has 0 fully saturated rings. The van der Waals surface area contributed by atoms with Gasteiger partial charge in [0.1, 0.15) is 5.60 Å². The first-order valence-corrected chi connectivity index (χ1v) is 4.54. The summed E-state index contributed by atoms with van der Waals surface area (Å²) in [6.45, 7) is 3.03. The van der Waals surface area contributed by atoms with E-state index in [0.29, 0.717) is 0 Å². The molecule has 0 saturated heterocycles. The number of aromatic nitrogens is 1. The van der Waals surface area contributed by atoms with Crippen LogP contribution in [-0.4, -0.2) is 10.1 Å². The molecular formula is C12H14N2O. The molecule has 3 nitrogen and oxygen atoms in total. The van der Waals surface area contributed by atoms with Crippen LogP contribution in [0, 0.1) is 0 Å². The summed E-state index contributed by atoms with van der Waals surface area (Å²) in [6.07, 6.45) is 0. The number of nitrogens with two attached hydrogens (primary N) is 1. The van der Waals surface area contributed by atoms with Crippen molar-refractivity contribution >= 4 is 16.6 Å². The molecule has 0 spiro atoms. The Bertz CT molecular complexity index is 680. The van der Waals surface area contributed by atoms with Gasteiger partial charge in [0, 0.05) is 5.39 Å². The summed E-state index contributed by atoms with van der Waals surface area (Å²) in [5, 5.41) is 10.2. The predicted molar refractivity (Wildman–Crippen MR) is 61.4 cm³/mol. The molecule has 0 aliphatic carbocycles. The number of aliphatic hydroxyl groups is 1. The van der Waals surface area contributed by atoms with Gasteiger partial charge in [-0.3, -0.25) is 0 Å². The van der Waals surface area contributed by atoms with Crippen molar-refractivity contribution in [2.75, 3.05) is 5.73 Å². The van der Waals surface area contributed by atoms with Crippen LogP contribution in [0.2, 0.25) is 0 Å². The molecule has 1 heterocycles. The van der Waals surface area contributed by atoms with E-state index in [0.717, 1.165) is 0 Å². The molecule has 3 heteroatoms. The van der Waals surface area contributed by atoms with Crippen LogP contribution in [0.3, 0.4) is 0 Å². The lowest BCUT2D eigenvalue weighted by atomic mass is 10.0. The number of hydrogen-bond donors (Lipinski definition) is 2. The Balaban J connectivity index is 2.95. The average molecular weight is 206 g/mol. The zero-order valence-corrected chi connectivity index (χ0v) is 8.55. The minimum Gasteiger partial charge on any atom is -0.397 e. The Morgan fingerprint density at radius 3 is 2.73 bits per heavy atom. The highest BCUT2D eigenvalue weighted by molar-refractivity contribution is 5.82. The van der Waals surface area contributed by atoms with E-state index >= 15 is 0 Å². The first-order valence-electron chi connectivity index (χ1n) is 6.54. The van der Waals surface area contributed by atoms with Crippen LogP contribution in [0.15, 0.2) is 30.2 Å².